The summed E-state index contributed by atoms with van der Waals surface area (Å²) in [6, 6.07) is 5.30. The van der Waals surface area contributed by atoms with Crippen LogP contribution in [0.15, 0.2) is 18.3 Å². The van der Waals surface area contributed by atoms with Gasteiger partial charge < -0.3 is 14.7 Å². The molecule has 4 heterocycles. The Labute approximate surface area is 156 Å². The quantitative estimate of drug-likeness (QED) is 0.836. The summed E-state index contributed by atoms with van der Waals surface area (Å²) in [5.41, 5.74) is 1.32. The second-order valence-electron chi connectivity index (χ2n) is 8.48. The van der Waals surface area contributed by atoms with Crippen LogP contribution in [0.2, 0.25) is 0 Å². The minimum Gasteiger partial charge on any atom is -0.371 e. The number of likely N-dealkylation sites (tertiary alicyclic amines) is 1. The normalized spacial score (nSPS) is 29.0. The molecule has 1 aliphatic carbocycles. The Morgan fingerprint density at radius 1 is 0.923 bits per heavy atom. The number of piperidine rings is 2. The van der Waals surface area contributed by atoms with Crippen molar-refractivity contribution < 1.29 is 4.79 Å². The molecule has 5 rings (SSSR count). The molecule has 4 fully saturated rings. The maximum Gasteiger partial charge on any atom is 0.226 e. The number of pyridine rings is 1. The van der Waals surface area contributed by atoms with Crippen LogP contribution in [0.25, 0.3) is 0 Å². The van der Waals surface area contributed by atoms with E-state index in [9.17, 15) is 4.79 Å². The summed E-state index contributed by atoms with van der Waals surface area (Å²) >= 11 is 0. The Hall–Kier alpha value is -1.78. The van der Waals surface area contributed by atoms with Gasteiger partial charge in [0.1, 0.15) is 5.82 Å². The van der Waals surface area contributed by atoms with Crippen LogP contribution in [0.5, 0.6) is 0 Å². The number of nitrogens with zero attached hydrogens (tertiary/aromatic N) is 4. The van der Waals surface area contributed by atoms with Gasteiger partial charge in [-0.3, -0.25) is 4.79 Å². The third-order valence-electron chi connectivity index (χ3n) is 6.76. The second-order valence-corrected chi connectivity index (χ2v) is 8.48. The SMILES string of the molecule is O=C(C1CC1)N1CCC[C@@H]2[C@H]1CCN2c1cc(N2CCCCC2)ccn1. The highest BCUT2D eigenvalue weighted by Gasteiger charge is 2.45. The fourth-order valence-corrected chi connectivity index (χ4v) is 5.22. The molecule has 1 saturated carbocycles. The largest absolute Gasteiger partial charge is 0.371 e. The number of amides is 1. The lowest BCUT2D eigenvalue weighted by molar-refractivity contribution is -0.136. The van der Waals surface area contributed by atoms with Gasteiger partial charge in [0.05, 0.1) is 12.1 Å². The second kappa shape index (κ2) is 6.75. The molecule has 1 aromatic heterocycles. The molecule has 5 nitrogen and oxygen atoms in total. The summed E-state index contributed by atoms with van der Waals surface area (Å²) in [7, 11) is 0. The number of rotatable bonds is 3. The third kappa shape index (κ3) is 2.95. The van der Waals surface area contributed by atoms with E-state index < -0.39 is 0 Å². The Bertz CT molecular complexity index is 668. The molecule has 2 atom stereocenters. The van der Waals surface area contributed by atoms with Crippen molar-refractivity contribution in [3.8, 4) is 0 Å². The van der Waals surface area contributed by atoms with Crippen LogP contribution in [-0.2, 0) is 4.79 Å². The Morgan fingerprint density at radius 2 is 1.77 bits per heavy atom. The van der Waals surface area contributed by atoms with Crippen molar-refractivity contribution in [3.05, 3.63) is 18.3 Å². The van der Waals surface area contributed by atoms with Gasteiger partial charge in [-0.05, 0) is 57.4 Å². The van der Waals surface area contributed by atoms with Crippen molar-refractivity contribution >= 4 is 17.4 Å². The predicted molar refractivity (Wildman–Crippen MR) is 104 cm³/mol. The van der Waals surface area contributed by atoms with Crippen molar-refractivity contribution in [2.75, 3.05) is 36.0 Å². The fourth-order valence-electron chi connectivity index (χ4n) is 5.22. The van der Waals surface area contributed by atoms with Gasteiger partial charge in [0.25, 0.3) is 0 Å². The predicted octanol–water partition coefficient (Wildman–Crippen LogP) is 3.05. The van der Waals surface area contributed by atoms with E-state index in [1.165, 1.54) is 44.5 Å². The maximum atomic E-state index is 12.7. The van der Waals surface area contributed by atoms with E-state index in [1.807, 2.05) is 6.20 Å². The zero-order valence-corrected chi connectivity index (χ0v) is 15.6. The van der Waals surface area contributed by atoms with E-state index in [1.54, 1.807) is 0 Å². The molecule has 26 heavy (non-hydrogen) atoms. The standard InChI is InChI=1S/C21H30N4O/c26-21(16-6-7-16)25-13-4-5-18-19(25)9-14-24(18)20-15-17(8-10-22-20)23-11-2-1-3-12-23/h8,10,15-16,18-19H,1-7,9,11-14H2/t18-,19-/m1/s1. The van der Waals surface area contributed by atoms with Crippen LogP contribution in [-0.4, -0.2) is 54.1 Å². The van der Waals surface area contributed by atoms with Crippen molar-refractivity contribution in [1.29, 1.82) is 0 Å². The van der Waals surface area contributed by atoms with Crippen molar-refractivity contribution in [2.24, 2.45) is 5.92 Å². The van der Waals surface area contributed by atoms with Crippen LogP contribution in [0.4, 0.5) is 11.5 Å². The molecule has 140 valence electrons. The average molecular weight is 354 g/mol. The van der Waals surface area contributed by atoms with Gasteiger partial charge in [0.15, 0.2) is 0 Å². The van der Waals surface area contributed by atoms with E-state index in [4.69, 9.17) is 4.98 Å². The molecule has 0 radical (unpaired) electrons. The highest BCUT2D eigenvalue weighted by Crippen LogP contribution is 2.38. The summed E-state index contributed by atoms with van der Waals surface area (Å²) in [6.45, 7) is 4.32. The first kappa shape index (κ1) is 16.4. The average Bonchev–Trinajstić information content (AvgIpc) is 3.46. The van der Waals surface area contributed by atoms with E-state index >= 15 is 0 Å². The van der Waals surface area contributed by atoms with Gasteiger partial charge >= 0.3 is 0 Å². The van der Waals surface area contributed by atoms with Crippen LogP contribution in [0.1, 0.15) is 51.4 Å². The van der Waals surface area contributed by atoms with E-state index in [-0.39, 0.29) is 0 Å². The molecule has 5 heteroatoms. The molecule has 0 bridgehead atoms. The van der Waals surface area contributed by atoms with Crippen molar-refractivity contribution in [1.82, 2.24) is 9.88 Å². The first-order chi connectivity index (χ1) is 12.8. The molecular weight excluding hydrogens is 324 g/mol. The minimum absolute atomic E-state index is 0.336. The first-order valence-electron chi connectivity index (χ1n) is 10.6. The topological polar surface area (TPSA) is 39.7 Å². The van der Waals surface area contributed by atoms with Crippen LogP contribution >= 0.6 is 0 Å². The van der Waals surface area contributed by atoms with E-state index in [0.717, 1.165) is 44.6 Å². The number of fused-ring (bicyclic) bond motifs is 1. The number of aromatic nitrogens is 1. The third-order valence-corrected chi connectivity index (χ3v) is 6.76. The van der Waals surface area contributed by atoms with Gasteiger partial charge in [-0.1, -0.05) is 0 Å². The molecule has 4 aliphatic rings. The summed E-state index contributed by atoms with van der Waals surface area (Å²) in [5, 5.41) is 0. The number of hydrogen-bond donors (Lipinski definition) is 0. The van der Waals surface area contributed by atoms with Gasteiger partial charge in [-0.2, -0.15) is 0 Å². The van der Waals surface area contributed by atoms with Crippen LogP contribution < -0.4 is 9.80 Å². The minimum atomic E-state index is 0.336. The van der Waals surface area contributed by atoms with Gasteiger partial charge in [-0.15, -0.1) is 0 Å². The number of carbonyl (C=O) groups is 1. The molecule has 0 N–H and O–H groups in total. The Balaban J connectivity index is 1.35. The van der Waals surface area contributed by atoms with E-state index in [2.05, 4.69) is 26.8 Å². The molecule has 1 aromatic rings. The lowest BCUT2D eigenvalue weighted by Gasteiger charge is -2.40. The molecule has 0 unspecified atom stereocenters. The van der Waals surface area contributed by atoms with Gasteiger partial charge in [-0.25, -0.2) is 4.98 Å². The number of anilines is 2. The molecular formula is C21H30N4O. The first-order valence-corrected chi connectivity index (χ1v) is 10.6. The van der Waals surface area contributed by atoms with Crippen LogP contribution in [0, 0.1) is 5.92 Å². The number of carbonyl (C=O) groups excluding carboxylic acids is 1. The summed E-state index contributed by atoms with van der Waals surface area (Å²) in [5.74, 6) is 1.88. The lowest BCUT2D eigenvalue weighted by atomic mass is 9.96. The van der Waals surface area contributed by atoms with Crippen LogP contribution in [0.3, 0.4) is 0 Å². The highest BCUT2D eigenvalue weighted by atomic mass is 16.2. The van der Waals surface area contributed by atoms with E-state index in [0.29, 0.717) is 23.9 Å². The molecule has 0 spiro atoms. The van der Waals surface area contributed by atoms with Crippen molar-refractivity contribution in [2.45, 2.75) is 63.5 Å². The molecule has 3 aliphatic heterocycles. The fraction of sp³-hybridized carbons (Fsp3) is 0.714. The zero-order chi connectivity index (χ0) is 17.5. The monoisotopic (exact) mass is 354 g/mol. The van der Waals surface area contributed by atoms with Gasteiger partial charge in [0.2, 0.25) is 5.91 Å². The Kier molecular flexibility index (Phi) is 4.26. The number of hydrogen-bond acceptors (Lipinski definition) is 4. The molecule has 0 aromatic carbocycles. The molecule has 1 amide bonds. The summed E-state index contributed by atoms with van der Waals surface area (Å²) in [6.07, 6.45) is 11.5. The lowest BCUT2D eigenvalue weighted by Crippen LogP contribution is -2.52. The Morgan fingerprint density at radius 3 is 2.58 bits per heavy atom. The highest BCUT2D eigenvalue weighted by molar-refractivity contribution is 5.81. The van der Waals surface area contributed by atoms with Crippen molar-refractivity contribution in [3.63, 3.8) is 0 Å². The smallest absolute Gasteiger partial charge is 0.226 e. The van der Waals surface area contributed by atoms with Gasteiger partial charge in [0, 0.05) is 50.0 Å². The maximum absolute atomic E-state index is 12.7. The summed E-state index contributed by atoms with van der Waals surface area (Å²) < 4.78 is 0. The zero-order valence-electron chi connectivity index (χ0n) is 15.6. The summed E-state index contributed by atoms with van der Waals surface area (Å²) in [4.78, 5) is 24.6. The molecule has 3 saturated heterocycles.